The zero-order valence-corrected chi connectivity index (χ0v) is 15.7. The number of benzene rings is 1. The van der Waals surface area contributed by atoms with E-state index in [0.717, 1.165) is 18.3 Å². The molecule has 1 aromatic carbocycles. The first-order valence-electron chi connectivity index (χ1n) is 8.13. The van der Waals surface area contributed by atoms with Crippen LogP contribution in [0.1, 0.15) is 29.0 Å². The molecule has 2 aromatic rings. The van der Waals surface area contributed by atoms with Crippen LogP contribution in [-0.4, -0.2) is 21.7 Å². The summed E-state index contributed by atoms with van der Waals surface area (Å²) in [5.74, 6) is 0.482. The highest BCUT2D eigenvalue weighted by molar-refractivity contribution is 6.34. The molecule has 0 fully saturated rings. The Bertz CT molecular complexity index is 1120. The lowest BCUT2D eigenvalue weighted by Gasteiger charge is -2.30. The summed E-state index contributed by atoms with van der Waals surface area (Å²) in [7, 11) is 0. The van der Waals surface area contributed by atoms with Crippen LogP contribution in [-0.2, 0) is 10.3 Å². The monoisotopic (exact) mass is 441 g/mol. The van der Waals surface area contributed by atoms with E-state index in [2.05, 4.69) is 27.9 Å². The molecule has 0 spiro atoms. The molecule has 30 heavy (non-hydrogen) atoms. The van der Waals surface area contributed by atoms with Crippen LogP contribution in [0.15, 0.2) is 41.7 Å². The van der Waals surface area contributed by atoms with Crippen LogP contribution in [0.25, 0.3) is 0 Å². The normalized spacial score (nSPS) is 18.3. The van der Waals surface area contributed by atoms with E-state index in [1.165, 1.54) is 12.2 Å². The Hall–Kier alpha value is -3.52. The van der Waals surface area contributed by atoms with Crippen molar-refractivity contribution in [1.29, 1.82) is 0 Å². The predicted molar refractivity (Wildman–Crippen MR) is 99.9 cm³/mol. The van der Waals surface area contributed by atoms with Crippen LogP contribution >= 0.6 is 11.6 Å². The summed E-state index contributed by atoms with van der Waals surface area (Å²) >= 11 is 5.77. The number of rotatable bonds is 4. The summed E-state index contributed by atoms with van der Waals surface area (Å²) in [4.78, 5) is 16.3. The first-order chi connectivity index (χ1) is 14.1. The molecule has 12 heteroatoms. The lowest BCUT2D eigenvalue weighted by atomic mass is 9.86. The van der Waals surface area contributed by atoms with E-state index in [9.17, 15) is 22.4 Å². The van der Waals surface area contributed by atoms with E-state index in [1.54, 1.807) is 0 Å². The van der Waals surface area contributed by atoms with Gasteiger partial charge >= 0.3 is 6.55 Å². The predicted octanol–water partition coefficient (Wildman–Crippen LogP) is 3.70. The van der Waals surface area contributed by atoms with E-state index >= 15 is 0 Å². The van der Waals surface area contributed by atoms with Gasteiger partial charge in [0.15, 0.2) is 11.2 Å². The van der Waals surface area contributed by atoms with E-state index < -0.39 is 35.5 Å². The lowest BCUT2D eigenvalue weighted by Crippen LogP contribution is -2.34. The minimum atomic E-state index is -2.99. The van der Waals surface area contributed by atoms with Crippen molar-refractivity contribution in [3.63, 3.8) is 0 Å². The third kappa shape index (κ3) is 4.08. The third-order valence-corrected chi connectivity index (χ3v) is 4.31. The maximum atomic E-state index is 14.6. The number of aliphatic imine (C=N–C) groups is 1. The van der Waals surface area contributed by atoms with Gasteiger partial charge in [0.25, 0.3) is 11.9 Å². The second-order valence-corrected chi connectivity index (χ2v) is 6.49. The molecule has 0 radical (unpaired) electrons. The largest absolute Gasteiger partial charge is 0.431 e. The van der Waals surface area contributed by atoms with Gasteiger partial charge in [-0.3, -0.25) is 4.79 Å². The topological polar surface area (TPSA) is 94.5 Å². The van der Waals surface area contributed by atoms with Crippen LogP contribution in [0.3, 0.4) is 0 Å². The van der Waals surface area contributed by atoms with Gasteiger partial charge < -0.3 is 15.8 Å². The van der Waals surface area contributed by atoms with E-state index in [0.29, 0.717) is 0 Å². The minimum Gasteiger partial charge on any atom is -0.431 e. The number of amidine groups is 1. The number of nitrogens with one attached hydrogen (secondary N) is 1. The van der Waals surface area contributed by atoms with Crippen LogP contribution in [0.2, 0.25) is 5.02 Å². The molecule has 7 nitrogen and oxygen atoms in total. The Morgan fingerprint density at radius 1 is 1.47 bits per heavy atom. The maximum Gasteiger partial charge on any atom is 0.333 e. The van der Waals surface area contributed by atoms with Gasteiger partial charge in [-0.1, -0.05) is 18.2 Å². The number of aromatic nitrogens is 2. The molecule has 1 aromatic heterocycles. The van der Waals surface area contributed by atoms with Crippen molar-refractivity contribution in [2.24, 2.45) is 10.7 Å². The Balaban J connectivity index is 1.99. The number of carbonyl (C=O) groups excluding carboxylic acids is 1. The van der Waals surface area contributed by atoms with Gasteiger partial charge in [-0.05, 0) is 24.1 Å². The Labute approximate surface area is 172 Å². The number of hydrogen-bond acceptors (Lipinski definition) is 5. The van der Waals surface area contributed by atoms with Crippen molar-refractivity contribution < 1.29 is 27.1 Å². The quantitative estimate of drug-likeness (QED) is 0.559. The average Bonchev–Trinajstić information content (AvgIpc) is 3.05. The van der Waals surface area contributed by atoms with E-state index in [1.807, 2.05) is 0 Å². The molecule has 0 unspecified atom stereocenters. The first-order valence-corrected chi connectivity index (χ1v) is 8.51. The molecule has 3 rings (SSSR count). The molecule has 3 N–H and O–H groups in total. The van der Waals surface area contributed by atoms with Gasteiger partial charge in [0.2, 0.25) is 0 Å². The zero-order chi connectivity index (χ0) is 22.1. The molecular formula is C18H12ClF4N5O2. The van der Waals surface area contributed by atoms with Crippen LogP contribution < -0.4 is 11.1 Å². The van der Waals surface area contributed by atoms with Crippen molar-refractivity contribution in [3.8, 4) is 12.1 Å². The molecule has 0 saturated carbocycles. The Morgan fingerprint density at radius 3 is 2.80 bits per heavy atom. The van der Waals surface area contributed by atoms with Gasteiger partial charge in [0.1, 0.15) is 17.8 Å². The highest BCUT2D eigenvalue weighted by Crippen LogP contribution is 2.38. The van der Waals surface area contributed by atoms with Crippen molar-refractivity contribution in [2.75, 3.05) is 5.32 Å². The van der Waals surface area contributed by atoms with Crippen LogP contribution in [0.5, 0.6) is 0 Å². The minimum absolute atomic E-state index is 0.0185. The number of alkyl halides is 2. The Morgan fingerprint density at radius 2 is 2.20 bits per heavy atom. The van der Waals surface area contributed by atoms with Gasteiger partial charge in [-0.2, -0.15) is 13.9 Å². The van der Waals surface area contributed by atoms with E-state index in [4.69, 9.17) is 22.1 Å². The van der Waals surface area contributed by atoms with Crippen molar-refractivity contribution in [2.45, 2.75) is 18.5 Å². The van der Waals surface area contributed by atoms with Gasteiger partial charge in [0, 0.05) is 17.7 Å². The summed E-state index contributed by atoms with van der Waals surface area (Å²) in [6.07, 6.45) is 1.77. The third-order valence-electron chi connectivity index (χ3n) is 4.03. The molecule has 0 saturated heterocycles. The molecule has 0 bridgehead atoms. The standard InChI is InChI=1S/C18H12ClF4N5O2/c1-9-7-18(4-5-20,26-17(24)30-9)11-6-10(2-3-13(11)21)25-15(29)14-12(19)8-28(27-14)16(22)23/h2-3,6,8,16H,1,7H2,(H2,24,26)(H,25,29)/t18-/m0/s1. The summed E-state index contributed by atoms with van der Waals surface area (Å²) in [6.45, 7) is 0.587. The average molecular weight is 442 g/mol. The molecule has 0 aliphatic carbocycles. The number of ether oxygens (including phenoxy) is 1. The van der Waals surface area contributed by atoms with E-state index in [-0.39, 0.29) is 33.1 Å². The molecule has 156 valence electrons. The zero-order valence-electron chi connectivity index (χ0n) is 14.9. The second-order valence-electron chi connectivity index (χ2n) is 6.08. The van der Waals surface area contributed by atoms with Crippen LogP contribution in [0, 0.1) is 17.9 Å². The number of carbonyl (C=O) groups is 1. The molecule has 2 heterocycles. The lowest BCUT2D eigenvalue weighted by molar-refractivity contribution is 0.0561. The number of anilines is 1. The fourth-order valence-corrected chi connectivity index (χ4v) is 3.05. The molecular weight excluding hydrogens is 430 g/mol. The van der Waals surface area contributed by atoms with Crippen molar-refractivity contribution in [1.82, 2.24) is 9.78 Å². The number of hydrogen-bond donors (Lipinski definition) is 2. The SMILES string of the molecule is C=C1C[C@@](C#CF)(c2cc(NC(=O)c3nn(C(F)F)cc3Cl)ccc2F)N=C(N)O1. The number of nitrogens with zero attached hydrogens (tertiary/aromatic N) is 3. The molecule has 1 atom stereocenters. The fourth-order valence-electron chi connectivity index (χ4n) is 2.83. The highest BCUT2D eigenvalue weighted by Gasteiger charge is 2.38. The van der Waals surface area contributed by atoms with Gasteiger partial charge in [-0.15, -0.1) is 4.39 Å². The van der Waals surface area contributed by atoms with Crippen LogP contribution in [0.4, 0.5) is 23.2 Å². The summed E-state index contributed by atoms with van der Waals surface area (Å²) in [5.41, 5.74) is 3.10. The number of halogens is 5. The summed E-state index contributed by atoms with van der Waals surface area (Å²) in [5, 5.41) is 5.45. The Kier molecular flexibility index (Phi) is 5.71. The number of amides is 1. The van der Waals surface area contributed by atoms with Gasteiger partial charge in [-0.25, -0.2) is 14.1 Å². The highest BCUT2D eigenvalue weighted by atomic mass is 35.5. The molecule has 1 amide bonds. The first kappa shape index (κ1) is 21.2. The summed E-state index contributed by atoms with van der Waals surface area (Å²) in [6, 6.07) is 2.92. The fraction of sp³-hybridized carbons (Fsp3) is 0.167. The molecule has 1 aliphatic rings. The molecule has 1 aliphatic heterocycles. The smallest absolute Gasteiger partial charge is 0.333 e. The number of nitrogens with two attached hydrogens (primary N) is 1. The maximum absolute atomic E-state index is 14.6. The van der Waals surface area contributed by atoms with Crippen molar-refractivity contribution >= 4 is 29.2 Å². The van der Waals surface area contributed by atoms with Crippen molar-refractivity contribution in [3.05, 3.63) is 58.8 Å². The van der Waals surface area contributed by atoms with Gasteiger partial charge in [0.05, 0.1) is 11.2 Å². The summed E-state index contributed by atoms with van der Waals surface area (Å²) < 4.78 is 58.2. The second kappa shape index (κ2) is 8.08.